The van der Waals surface area contributed by atoms with Crippen LogP contribution in [-0.2, 0) is 11.0 Å². The first-order valence-electron chi connectivity index (χ1n) is 8.79. The molecule has 2 aromatic carbocycles. The van der Waals surface area contributed by atoms with Crippen LogP contribution in [0.15, 0.2) is 48.7 Å². The summed E-state index contributed by atoms with van der Waals surface area (Å²) in [6.45, 7) is 1.26. The summed E-state index contributed by atoms with van der Waals surface area (Å²) in [5, 5.41) is 8.39. The van der Waals surface area contributed by atoms with E-state index in [1.54, 1.807) is 0 Å². The molecular formula is C20H16F4N4O3. The van der Waals surface area contributed by atoms with Crippen molar-refractivity contribution < 1.29 is 31.9 Å². The summed E-state index contributed by atoms with van der Waals surface area (Å²) in [5.41, 5.74) is -2.36. The number of rotatable bonds is 5. The number of hydrogen-bond acceptors (Lipinski definition) is 4. The van der Waals surface area contributed by atoms with Crippen molar-refractivity contribution >= 4 is 23.2 Å². The lowest BCUT2D eigenvalue weighted by molar-refractivity contribution is -0.143. The summed E-state index contributed by atoms with van der Waals surface area (Å²) in [7, 11) is 1.37. The van der Waals surface area contributed by atoms with Crippen molar-refractivity contribution in [3.05, 3.63) is 65.7 Å². The Hall–Kier alpha value is -3.89. The van der Waals surface area contributed by atoms with Crippen LogP contribution in [0, 0.1) is 5.82 Å². The van der Waals surface area contributed by atoms with Gasteiger partial charge in [-0.15, -0.1) is 0 Å². The molecule has 1 heterocycles. The third kappa shape index (κ3) is 4.65. The molecule has 0 aliphatic rings. The zero-order chi connectivity index (χ0) is 22.8. The molecule has 0 fully saturated rings. The Bertz CT molecular complexity index is 1140. The van der Waals surface area contributed by atoms with Gasteiger partial charge in [0, 0.05) is 12.6 Å². The smallest absolute Gasteiger partial charge is 0.434 e. The molecule has 3 rings (SSSR count). The fourth-order valence-electron chi connectivity index (χ4n) is 2.87. The lowest BCUT2D eigenvalue weighted by Crippen LogP contribution is -2.21. The van der Waals surface area contributed by atoms with E-state index in [1.807, 2.05) is 0 Å². The molecule has 0 unspecified atom stereocenters. The second kappa shape index (κ2) is 8.46. The maximum absolute atomic E-state index is 14.0. The summed E-state index contributed by atoms with van der Waals surface area (Å²) in [6, 6.07) is 8.90. The molecule has 0 atom stereocenters. The van der Waals surface area contributed by atoms with Gasteiger partial charge in [0.05, 0.1) is 24.6 Å². The van der Waals surface area contributed by atoms with E-state index in [1.165, 1.54) is 44.4 Å². The minimum atomic E-state index is -4.99. The van der Waals surface area contributed by atoms with Gasteiger partial charge >= 0.3 is 6.18 Å². The van der Waals surface area contributed by atoms with Gasteiger partial charge in [-0.05, 0) is 30.3 Å². The number of halogens is 4. The molecule has 0 aliphatic carbocycles. The second-order valence-corrected chi connectivity index (χ2v) is 6.32. The molecule has 0 aliphatic heterocycles. The van der Waals surface area contributed by atoms with Crippen LogP contribution < -0.4 is 15.4 Å². The molecule has 2 amide bonds. The van der Waals surface area contributed by atoms with Gasteiger partial charge in [-0.2, -0.15) is 18.3 Å². The topological polar surface area (TPSA) is 85.2 Å². The SMILES string of the molecule is COc1ccc(NC(=O)c2cnn(-c3ccccc3F)c2C(F)(F)F)cc1NC(C)=O. The lowest BCUT2D eigenvalue weighted by Gasteiger charge is -2.14. The second-order valence-electron chi connectivity index (χ2n) is 6.32. The fraction of sp³-hybridized carbons (Fsp3) is 0.150. The van der Waals surface area contributed by atoms with Crippen LogP contribution in [0.3, 0.4) is 0 Å². The fourth-order valence-corrected chi connectivity index (χ4v) is 2.87. The lowest BCUT2D eigenvalue weighted by atomic mass is 10.2. The van der Waals surface area contributed by atoms with Gasteiger partial charge in [-0.1, -0.05) is 12.1 Å². The van der Waals surface area contributed by atoms with Crippen molar-refractivity contribution in [3.8, 4) is 11.4 Å². The highest BCUT2D eigenvalue weighted by Crippen LogP contribution is 2.35. The average Bonchev–Trinajstić information content (AvgIpc) is 3.14. The molecular weight excluding hydrogens is 420 g/mol. The summed E-state index contributed by atoms with van der Waals surface area (Å²) in [4.78, 5) is 24.0. The molecule has 1 aromatic heterocycles. The van der Waals surface area contributed by atoms with Gasteiger partial charge in [-0.25, -0.2) is 9.07 Å². The van der Waals surface area contributed by atoms with Crippen LogP contribution in [0.4, 0.5) is 28.9 Å². The molecule has 162 valence electrons. The van der Waals surface area contributed by atoms with Gasteiger partial charge in [0.2, 0.25) is 5.91 Å². The maximum atomic E-state index is 14.0. The Morgan fingerprint density at radius 2 is 1.81 bits per heavy atom. The summed E-state index contributed by atoms with van der Waals surface area (Å²) >= 11 is 0. The number of amides is 2. The first-order valence-corrected chi connectivity index (χ1v) is 8.79. The number of hydrogen-bond donors (Lipinski definition) is 2. The highest BCUT2D eigenvalue weighted by atomic mass is 19.4. The van der Waals surface area contributed by atoms with E-state index in [4.69, 9.17) is 4.74 Å². The molecule has 0 saturated heterocycles. The minimum absolute atomic E-state index is 0.0984. The number of methoxy groups -OCH3 is 1. The molecule has 0 saturated carbocycles. The summed E-state index contributed by atoms with van der Waals surface area (Å²) in [6.07, 6.45) is -4.28. The van der Waals surface area contributed by atoms with Crippen LogP contribution in [0.1, 0.15) is 23.0 Å². The number of anilines is 2. The zero-order valence-corrected chi connectivity index (χ0v) is 16.2. The van der Waals surface area contributed by atoms with Crippen molar-refractivity contribution in [3.63, 3.8) is 0 Å². The molecule has 2 N–H and O–H groups in total. The minimum Gasteiger partial charge on any atom is -0.495 e. The number of carbonyl (C=O) groups excluding carboxylic acids is 2. The first-order chi connectivity index (χ1) is 14.6. The monoisotopic (exact) mass is 436 g/mol. The summed E-state index contributed by atoms with van der Waals surface area (Å²) < 4.78 is 60.7. The van der Waals surface area contributed by atoms with Gasteiger partial charge in [0.25, 0.3) is 5.91 Å². The Kier molecular flexibility index (Phi) is 5.95. The van der Waals surface area contributed by atoms with E-state index < -0.39 is 40.8 Å². The van der Waals surface area contributed by atoms with Crippen LogP contribution in [-0.4, -0.2) is 28.7 Å². The molecule has 31 heavy (non-hydrogen) atoms. The number of aromatic nitrogens is 2. The van der Waals surface area contributed by atoms with Gasteiger partial charge in [-0.3, -0.25) is 9.59 Å². The van der Waals surface area contributed by atoms with E-state index in [0.29, 0.717) is 10.9 Å². The van der Waals surface area contributed by atoms with E-state index in [-0.39, 0.29) is 17.1 Å². The van der Waals surface area contributed by atoms with E-state index in [2.05, 4.69) is 15.7 Å². The van der Waals surface area contributed by atoms with Crippen molar-refractivity contribution in [2.75, 3.05) is 17.7 Å². The van der Waals surface area contributed by atoms with Crippen LogP contribution in [0.2, 0.25) is 0 Å². The number of nitrogens with zero attached hydrogens (tertiary/aromatic N) is 2. The molecule has 7 nitrogen and oxygen atoms in total. The summed E-state index contributed by atoms with van der Waals surface area (Å²) in [5.74, 6) is -2.17. The number of para-hydroxylation sites is 1. The van der Waals surface area contributed by atoms with Crippen LogP contribution >= 0.6 is 0 Å². The molecule has 0 spiro atoms. The van der Waals surface area contributed by atoms with Gasteiger partial charge < -0.3 is 15.4 Å². The van der Waals surface area contributed by atoms with Crippen LogP contribution in [0.25, 0.3) is 5.69 Å². The van der Waals surface area contributed by atoms with Crippen molar-refractivity contribution in [2.45, 2.75) is 13.1 Å². The number of alkyl halides is 3. The largest absolute Gasteiger partial charge is 0.495 e. The van der Waals surface area contributed by atoms with Crippen LogP contribution in [0.5, 0.6) is 5.75 Å². The Morgan fingerprint density at radius 3 is 2.42 bits per heavy atom. The number of ether oxygens (including phenoxy) is 1. The number of nitrogens with one attached hydrogen (secondary N) is 2. The predicted molar refractivity (Wildman–Crippen MR) is 104 cm³/mol. The Labute approximate surface area is 173 Å². The third-order valence-corrected chi connectivity index (χ3v) is 4.13. The highest BCUT2D eigenvalue weighted by Gasteiger charge is 2.41. The van der Waals surface area contributed by atoms with Crippen molar-refractivity contribution in [1.29, 1.82) is 0 Å². The Morgan fingerprint density at radius 1 is 1.10 bits per heavy atom. The molecule has 3 aromatic rings. The maximum Gasteiger partial charge on any atom is 0.434 e. The normalized spacial score (nSPS) is 11.2. The van der Waals surface area contributed by atoms with E-state index >= 15 is 0 Å². The zero-order valence-electron chi connectivity index (χ0n) is 16.2. The average molecular weight is 436 g/mol. The quantitative estimate of drug-likeness (QED) is 0.586. The van der Waals surface area contributed by atoms with Crippen molar-refractivity contribution in [1.82, 2.24) is 9.78 Å². The van der Waals surface area contributed by atoms with E-state index in [0.717, 1.165) is 12.1 Å². The van der Waals surface area contributed by atoms with E-state index in [9.17, 15) is 27.2 Å². The number of benzene rings is 2. The van der Waals surface area contributed by atoms with Crippen molar-refractivity contribution in [2.24, 2.45) is 0 Å². The molecule has 0 bridgehead atoms. The predicted octanol–water partition coefficient (Wildman–Crippen LogP) is 4.25. The van der Waals surface area contributed by atoms with Gasteiger partial charge in [0.15, 0.2) is 5.69 Å². The third-order valence-electron chi connectivity index (χ3n) is 4.13. The van der Waals surface area contributed by atoms with Gasteiger partial charge in [0.1, 0.15) is 17.3 Å². The Balaban J connectivity index is 2.00. The highest BCUT2D eigenvalue weighted by molar-refractivity contribution is 6.05. The standard InChI is InChI=1S/C20H16F4N4O3/c1-11(29)26-15-9-12(7-8-17(15)31-2)27-19(30)13-10-25-28(18(13)20(22,23)24)16-6-4-3-5-14(16)21/h3-10H,1-2H3,(H,26,29)(H,27,30). The molecule has 0 radical (unpaired) electrons. The molecule has 11 heteroatoms. The first kappa shape index (κ1) is 21.8. The number of carbonyl (C=O) groups is 2.